The molecule has 2 rings (SSSR count). The fourth-order valence-electron chi connectivity index (χ4n) is 3.52. The number of carboxylic acid groups (broad SMARTS) is 1. The predicted octanol–water partition coefficient (Wildman–Crippen LogP) is 7.53. The van der Waals surface area contributed by atoms with Gasteiger partial charge in [0.05, 0.1) is 5.56 Å². The Labute approximate surface area is 161 Å². The summed E-state index contributed by atoms with van der Waals surface area (Å²) >= 11 is 0. The average molecular weight is 381 g/mol. The van der Waals surface area contributed by atoms with Crippen molar-refractivity contribution in [2.24, 2.45) is 0 Å². The van der Waals surface area contributed by atoms with E-state index in [1.165, 1.54) is 76.2 Å². The van der Waals surface area contributed by atoms with Gasteiger partial charge in [0.2, 0.25) is 0 Å². The topological polar surface area (TPSA) is 37.3 Å². The van der Waals surface area contributed by atoms with Gasteiger partial charge >= 0.3 is 5.97 Å². The molecule has 1 saturated carbocycles. The van der Waals surface area contributed by atoms with Crippen LogP contribution in [-0.4, -0.2) is 16.8 Å². The van der Waals surface area contributed by atoms with Crippen molar-refractivity contribution >= 4 is 27.6 Å². The first-order chi connectivity index (χ1) is 12.2. The van der Waals surface area contributed by atoms with Crippen LogP contribution < -0.4 is 0 Å². The van der Waals surface area contributed by atoms with Crippen molar-refractivity contribution in [1.29, 1.82) is 0 Å². The summed E-state index contributed by atoms with van der Waals surface area (Å²) < 4.78 is 0. The lowest BCUT2D eigenvalue weighted by Gasteiger charge is -2.22. The van der Waals surface area contributed by atoms with Gasteiger partial charge in [0.25, 0.3) is 0 Å². The Kier molecular flexibility index (Phi) is 9.85. The summed E-state index contributed by atoms with van der Waals surface area (Å²) in [5.74, 6) is 0.918. The zero-order chi connectivity index (χ0) is 17.9. The van der Waals surface area contributed by atoms with E-state index in [-0.39, 0.29) is 0 Å². The molecule has 1 fully saturated rings. The highest BCUT2D eigenvalue weighted by molar-refractivity contribution is 8.76. The number of aromatic carboxylic acids is 1. The molecular formula is C21H32O2S2. The van der Waals surface area contributed by atoms with Crippen molar-refractivity contribution in [2.45, 2.75) is 88.4 Å². The summed E-state index contributed by atoms with van der Waals surface area (Å²) in [6.45, 7) is 2.24. The van der Waals surface area contributed by atoms with E-state index in [0.29, 0.717) is 11.5 Å². The highest BCUT2D eigenvalue weighted by Gasteiger charge is 2.18. The molecular weight excluding hydrogens is 348 g/mol. The Hall–Kier alpha value is -0.610. The molecule has 0 aromatic heterocycles. The van der Waals surface area contributed by atoms with Crippen molar-refractivity contribution < 1.29 is 9.90 Å². The first-order valence-electron chi connectivity index (χ1n) is 9.89. The number of hydrogen-bond acceptors (Lipinski definition) is 3. The van der Waals surface area contributed by atoms with E-state index >= 15 is 0 Å². The van der Waals surface area contributed by atoms with Crippen LogP contribution in [0.2, 0.25) is 0 Å². The third kappa shape index (κ3) is 7.26. The van der Waals surface area contributed by atoms with Crippen LogP contribution in [0.3, 0.4) is 0 Å². The molecule has 1 N–H and O–H groups in total. The van der Waals surface area contributed by atoms with Crippen LogP contribution in [0.25, 0.3) is 0 Å². The molecule has 0 atom stereocenters. The molecule has 0 heterocycles. The van der Waals surface area contributed by atoms with Gasteiger partial charge in [0, 0.05) is 10.6 Å². The van der Waals surface area contributed by atoms with Gasteiger partial charge in [-0.2, -0.15) is 0 Å². The molecule has 0 amide bonds. The van der Waals surface area contributed by atoms with Gasteiger partial charge in [-0.3, -0.25) is 0 Å². The number of rotatable bonds is 11. The van der Waals surface area contributed by atoms with Crippen LogP contribution in [0, 0.1) is 0 Å². The first-order valence-corrected chi connectivity index (χ1v) is 12.2. The molecule has 0 bridgehead atoms. The number of benzene rings is 1. The zero-order valence-electron chi connectivity index (χ0n) is 15.5. The molecule has 1 aromatic carbocycles. The monoisotopic (exact) mass is 380 g/mol. The molecule has 0 aliphatic heterocycles. The van der Waals surface area contributed by atoms with E-state index in [4.69, 9.17) is 0 Å². The van der Waals surface area contributed by atoms with Crippen molar-refractivity contribution in [2.75, 3.05) is 5.75 Å². The lowest BCUT2D eigenvalue weighted by Crippen LogP contribution is -2.06. The summed E-state index contributed by atoms with van der Waals surface area (Å²) in [5, 5.41) is 9.47. The SMILES string of the molecule is CCCCCCCCSSc1cc(C2CCCCC2)ccc1C(=O)O. The molecule has 1 aliphatic rings. The molecule has 0 saturated heterocycles. The van der Waals surface area contributed by atoms with Crippen LogP contribution >= 0.6 is 21.6 Å². The van der Waals surface area contributed by atoms with Gasteiger partial charge in [-0.15, -0.1) is 0 Å². The standard InChI is InChI=1S/C21H32O2S2/c1-2-3-4-5-6-10-15-24-25-20-16-18(13-14-19(20)21(22)23)17-11-8-7-9-12-17/h13-14,16-17H,2-12,15H2,1H3,(H,22,23). The Balaban J connectivity index is 1.85. The maximum atomic E-state index is 11.5. The molecule has 1 aliphatic carbocycles. The zero-order valence-corrected chi connectivity index (χ0v) is 17.1. The Bertz CT molecular complexity index is 525. The van der Waals surface area contributed by atoms with E-state index in [2.05, 4.69) is 13.0 Å². The van der Waals surface area contributed by atoms with E-state index in [1.54, 1.807) is 10.8 Å². The quantitative estimate of drug-likeness (QED) is 0.318. The van der Waals surface area contributed by atoms with Gasteiger partial charge in [0.15, 0.2) is 0 Å². The Morgan fingerprint density at radius 2 is 1.80 bits per heavy atom. The highest BCUT2D eigenvalue weighted by Crippen LogP contribution is 2.39. The number of carbonyl (C=O) groups is 1. The van der Waals surface area contributed by atoms with Crippen LogP contribution in [0.15, 0.2) is 23.1 Å². The molecule has 25 heavy (non-hydrogen) atoms. The van der Waals surface area contributed by atoms with Crippen LogP contribution in [0.1, 0.15) is 99.4 Å². The van der Waals surface area contributed by atoms with Gasteiger partial charge in [0.1, 0.15) is 0 Å². The van der Waals surface area contributed by atoms with Crippen molar-refractivity contribution in [3.8, 4) is 0 Å². The molecule has 2 nitrogen and oxygen atoms in total. The second-order valence-corrected chi connectivity index (χ2v) is 9.53. The minimum atomic E-state index is -0.808. The second-order valence-electron chi connectivity index (χ2n) is 7.07. The van der Waals surface area contributed by atoms with E-state index < -0.39 is 5.97 Å². The third-order valence-electron chi connectivity index (χ3n) is 5.04. The summed E-state index contributed by atoms with van der Waals surface area (Å²) in [4.78, 5) is 12.5. The lowest BCUT2D eigenvalue weighted by atomic mass is 9.84. The normalized spacial score (nSPS) is 15.4. The molecule has 4 heteroatoms. The maximum Gasteiger partial charge on any atom is 0.336 e. The maximum absolute atomic E-state index is 11.5. The predicted molar refractivity (Wildman–Crippen MR) is 111 cm³/mol. The fraction of sp³-hybridized carbons (Fsp3) is 0.667. The number of hydrogen-bond donors (Lipinski definition) is 1. The van der Waals surface area contributed by atoms with Crippen molar-refractivity contribution in [3.05, 3.63) is 29.3 Å². The van der Waals surface area contributed by atoms with E-state index in [9.17, 15) is 9.90 Å². The van der Waals surface area contributed by atoms with Crippen LogP contribution in [0.4, 0.5) is 0 Å². The molecule has 0 unspecified atom stereocenters. The first kappa shape index (κ1) is 20.7. The largest absolute Gasteiger partial charge is 0.478 e. The Morgan fingerprint density at radius 3 is 2.52 bits per heavy atom. The van der Waals surface area contributed by atoms with Crippen molar-refractivity contribution in [1.82, 2.24) is 0 Å². The summed E-state index contributed by atoms with van der Waals surface area (Å²) in [6.07, 6.45) is 14.3. The summed E-state index contributed by atoms with van der Waals surface area (Å²) in [5.41, 5.74) is 1.80. The minimum absolute atomic E-state index is 0.458. The minimum Gasteiger partial charge on any atom is -0.478 e. The van der Waals surface area contributed by atoms with Gasteiger partial charge < -0.3 is 5.11 Å². The molecule has 1 aromatic rings. The van der Waals surface area contributed by atoms with Crippen molar-refractivity contribution in [3.63, 3.8) is 0 Å². The molecule has 0 spiro atoms. The highest BCUT2D eigenvalue weighted by atomic mass is 33.1. The number of unbranched alkanes of at least 4 members (excludes halogenated alkanes) is 5. The third-order valence-corrected chi connectivity index (χ3v) is 7.53. The molecule has 140 valence electrons. The van der Waals surface area contributed by atoms with E-state index in [1.807, 2.05) is 22.9 Å². The average Bonchev–Trinajstić information content (AvgIpc) is 2.64. The second kappa shape index (κ2) is 11.9. The smallest absolute Gasteiger partial charge is 0.336 e. The fourth-order valence-corrected chi connectivity index (χ4v) is 5.88. The van der Waals surface area contributed by atoms with E-state index in [0.717, 1.165) is 10.6 Å². The van der Waals surface area contributed by atoms with Gasteiger partial charge in [-0.1, -0.05) is 85.9 Å². The number of carboxylic acids is 1. The van der Waals surface area contributed by atoms with Crippen LogP contribution in [0.5, 0.6) is 0 Å². The summed E-state index contributed by atoms with van der Waals surface area (Å²) in [7, 11) is 3.47. The Morgan fingerprint density at radius 1 is 1.08 bits per heavy atom. The molecule has 0 radical (unpaired) electrons. The van der Waals surface area contributed by atoms with Crippen LogP contribution in [-0.2, 0) is 0 Å². The summed E-state index contributed by atoms with van der Waals surface area (Å²) in [6, 6.07) is 6.01. The van der Waals surface area contributed by atoms with Gasteiger partial charge in [-0.05, 0) is 42.9 Å². The van der Waals surface area contributed by atoms with Gasteiger partial charge in [-0.25, -0.2) is 4.79 Å². The lowest BCUT2D eigenvalue weighted by molar-refractivity contribution is 0.0693.